The van der Waals surface area contributed by atoms with Crippen LogP contribution in [0, 0.1) is 6.92 Å². The van der Waals surface area contributed by atoms with Gasteiger partial charge in [-0.1, -0.05) is 16.8 Å². The topological polar surface area (TPSA) is 58.3 Å². The highest BCUT2D eigenvalue weighted by molar-refractivity contribution is 6.30. The number of nitrogens with one attached hydrogen (secondary N) is 1. The standard InChI is InChI=1S/C13H15ClN2O2/c1-9-12(3-2-8-17)13(18-16-9)15-11-6-4-10(14)5-7-11/h4-7,15,17H,2-3,8H2,1H3. The zero-order valence-corrected chi connectivity index (χ0v) is 10.9. The van der Waals surface area contributed by atoms with Crippen LogP contribution < -0.4 is 5.32 Å². The largest absolute Gasteiger partial charge is 0.396 e. The Bertz CT molecular complexity index is 508. The lowest BCUT2D eigenvalue weighted by Crippen LogP contribution is -1.96. The van der Waals surface area contributed by atoms with E-state index in [1.807, 2.05) is 19.1 Å². The van der Waals surface area contributed by atoms with Crippen molar-refractivity contribution in [2.45, 2.75) is 19.8 Å². The number of aliphatic hydroxyl groups excluding tert-OH is 1. The molecule has 0 aliphatic heterocycles. The number of anilines is 2. The van der Waals surface area contributed by atoms with Gasteiger partial charge in [-0.15, -0.1) is 0 Å². The molecule has 1 heterocycles. The number of aromatic nitrogens is 1. The van der Waals surface area contributed by atoms with Crippen molar-refractivity contribution in [2.75, 3.05) is 11.9 Å². The summed E-state index contributed by atoms with van der Waals surface area (Å²) >= 11 is 5.83. The van der Waals surface area contributed by atoms with E-state index in [2.05, 4.69) is 10.5 Å². The fraction of sp³-hybridized carbons (Fsp3) is 0.308. The predicted octanol–water partition coefficient (Wildman–Crippen LogP) is 3.30. The van der Waals surface area contributed by atoms with E-state index in [0.29, 0.717) is 17.3 Å². The van der Waals surface area contributed by atoms with Gasteiger partial charge < -0.3 is 14.9 Å². The van der Waals surface area contributed by atoms with Crippen molar-refractivity contribution >= 4 is 23.2 Å². The maximum Gasteiger partial charge on any atom is 0.232 e. The summed E-state index contributed by atoms with van der Waals surface area (Å²) in [5.41, 5.74) is 2.74. The number of halogens is 1. The molecule has 5 heteroatoms. The maximum absolute atomic E-state index is 8.88. The fourth-order valence-electron chi connectivity index (χ4n) is 1.70. The summed E-state index contributed by atoms with van der Waals surface area (Å²) in [6.45, 7) is 2.05. The molecule has 0 spiro atoms. The lowest BCUT2D eigenvalue weighted by atomic mass is 10.1. The van der Waals surface area contributed by atoms with E-state index < -0.39 is 0 Å². The lowest BCUT2D eigenvalue weighted by Gasteiger charge is -2.05. The number of aryl methyl sites for hydroxylation is 1. The van der Waals surface area contributed by atoms with Gasteiger partial charge in [-0.25, -0.2) is 0 Å². The Morgan fingerprint density at radius 1 is 1.33 bits per heavy atom. The molecule has 4 nitrogen and oxygen atoms in total. The predicted molar refractivity (Wildman–Crippen MR) is 71.4 cm³/mol. The molecule has 0 atom stereocenters. The lowest BCUT2D eigenvalue weighted by molar-refractivity contribution is 0.288. The minimum Gasteiger partial charge on any atom is -0.396 e. The molecule has 18 heavy (non-hydrogen) atoms. The van der Waals surface area contributed by atoms with Crippen molar-refractivity contribution in [3.05, 3.63) is 40.5 Å². The molecule has 96 valence electrons. The Kier molecular flexibility index (Phi) is 4.23. The molecule has 0 aliphatic rings. The van der Waals surface area contributed by atoms with Crippen molar-refractivity contribution in [2.24, 2.45) is 0 Å². The molecule has 2 N–H and O–H groups in total. The molecule has 0 radical (unpaired) electrons. The van der Waals surface area contributed by atoms with Crippen LogP contribution in [0.25, 0.3) is 0 Å². The first kappa shape index (κ1) is 12.9. The van der Waals surface area contributed by atoms with Crippen molar-refractivity contribution in [1.82, 2.24) is 5.16 Å². The quantitative estimate of drug-likeness (QED) is 0.872. The normalized spacial score (nSPS) is 10.6. The van der Waals surface area contributed by atoms with Gasteiger partial charge in [0.15, 0.2) is 0 Å². The van der Waals surface area contributed by atoms with Crippen LogP contribution >= 0.6 is 11.6 Å². The second kappa shape index (κ2) is 5.89. The number of rotatable bonds is 5. The van der Waals surface area contributed by atoms with Gasteiger partial charge in [-0.05, 0) is 44.0 Å². The van der Waals surface area contributed by atoms with Crippen molar-refractivity contribution in [3.8, 4) is 0 Å². The highest BCUT2D eigenvalue weighted by Crippen LogP contribution is 2.25. The van der Waals surface area contributed by atoms with E-state index in [1.54, 1.807) is 12.1 Å². The maximum atomic E-state index is 8.88. The molecule has 0 unspecified atom stereocenters. The Hall–Kier alpha value is -1.52. The second-order valence-electron chi connectivity index (χ2n) is 4.03. The molecular formula is C13H15ClN2O2. The van der Waals surface area contributed by atoms with Crippen molar-refractivity contribution in [3.63, 3.8) is 0 Å². The Morgan fingerprint density at radius 3 is 2.72 bits per heavy atom. The molecule has 2 rings (SSSR count). The monoisotopic (exact) mass is 266 g/mol. The zero-order valence-electron chi connectivity index (χ0n) is 10.1. The summed E-state index contributed by atoms with van der Waals surface area (Å²) in [6.07, 6.45) is 1.43. The molecule has 0 saturated carbocycles. The second-order valence-corrected chi connectivity index (χ2v) is 4.47. The number of benzene rings is 1. The summed E-state index contributed by atoms with van der Waals surface area (Å²) in [6, 6.07) is 7.35. The molecular weight excluding hydrogens is 252 g/mol. The first-order valence-corrected chi connectivity index (χ1v) is 6.17. The molecule has 0 amide bonds. The Morgan fingerprint density at radius 2 is 2.06 bits per heavy atom. The summed E-state index contributed by atoms with van der Waals surface area (Å²) in [5.74, 6) is 0.628. The van der Waals surface area contributed by atoms with Crippen molar-refractivity contribution in [1.29, 1.82) is 0 Å². The van der Waals surface area contributed by atoms with Gasteiger partial charge >= 0.3 is 0 Å². The Labute approximate surface area is 111 Å². The van der Waals surface area contributed by atoms with E-state index in [0.717, 1.165) is 23.4 Å². The third kappa shape index (κ3) is 3.03. The summed E-state index contributed by atoms with van der Waals surface area (Å²) in [5, 5.41) is 16.7. The van der Waals surface area contributed by atoms with Gasteiger partial charge in [-0.3, -0.25) is 0 Å². The van der Waals surface area contributed by atoms with Crippen LogP contribution in [0.2, 0.25) is 5.02 Å². The van der Waals surface area contributed by atoms with Gasteiger partial charge in [0.2, 0.25) is 5.88 Å². The molecule has 0 fully saturated rings. The van der Waals surface area contributed by atoms with Crippen LogP contribution in [0.3, 0.4) is 0 Å². The molecule has 0 bridgehead atoms. The summed E-state index contributed by atoms with van der Waals surface area (Å²) in [4.78, 5) is 0. The van der Waals surface area contributed by atoms with Gasteiger partial charge in [-0.2, -0.15) is 0 Å². The first-order valence-electron chi connectivity index (χ1n) is 5.79. The van der Waals surface area contributed by atoms with E-state index in [4.69, 9.17) is 21.2 Å². The van der Waals surface area contributed by atoms with Crippen LogP contribution in [0.5, 0.6) is 0 Å². The van der Waals surface area contributed by atoms with Crippen LogP contribution in [0.1, 0.15) is 17.7 Å². The Balaban J connectivity index is 2.15. The number of hydrogen-bond acceptors (Lipinski definition) is 4. The highest BCUT2D eigenvalue weighted by atomic mass is 35.5. The minimum atomic E-state index is 0.158. The van der Waals surface area contributed by atoms with Crippen LogP contribution in [0.15, 0.2) is 28.8 Å². The van der Waals surface area contributed by atoms with Gasteiger partial charge in [0.25, 0.3) is 0 Å². The van der Waals surface area contributed by atoms with Gasteiger partial charge in [0.1, 0.15) is 0 Å². The number of hydrogen-bond donors (Lipinski definition) is 2. The molecule has 1 aromatic carbocycles. The minimum absolute atomic E-state index is 0.158. The highest BCUT2D eigenvalue weighted by Gasteiger charge is 2.12. The van der Waals surface area contributed by atoms with Crippen LogP contribution in [-0.2, 0) is 6.42 Å². The van der Waals surface area contributed by atoms with E-state index >= 15 is 0 Å². The third-order valence-electron chi connectivity index (χ3n) is 2.67. The SMILES string of the molecule is Cc1noc(Nc2ccc(Cl)cc2)c1CCCO. The van der Waals surface area contributed by atoms with Crippen LogP contribution in [0.4, 0.5) is 11.6 Å². The molecule has 0 aliphatic carbocycles. The van der Waals surface area contributed by atoms with Gasteiger partial charge in [0, 0.05) is 22.9 Å². The first-order chi connectivity index (χ1) is 8.70. The number of nitrogens with zero attached hydrogens (tertiary/aromatic N) is 1. The molecule has 0 saturated heterocycles. The molecule has 2 aromatic rings. The smallest absolute Gasteiger partial charge is 0.232 e. The summed E-state index contributed by atoms with van der Waals surface area (Å²) < 4.78 is 5.25. The third-order valence-corrected chi connectivity index (χ3v) is 2.92. The number of aliphatic hydroxyl groups is 1. The van der Waals surface area contributed by atoms with Crippen LogP contribution in [-0.4, -0.2) is 16.9 Å². The average molecular weight is 267 g/mol. The summed E-state index contributed by atoms with van der Waals surface area (Å²) in [7, 11) is 0. The van der Waals surface area contributed by atoms with E-state index in [1.165, 1.54) is 0 Å². The zero-order chi connectivity index (χ0) is 13.0. The van der Waals surface area contributed by atoms with E-state index in [9.17, 15) is 0 Å². The molecule has 1 aromatic heterocycles. The van der Waals surface area contributed by atoms with E-state index in [-0.39, 0.29) is 6.61 Å². The fourth-order valence-corrected chi connectivity index (χ4v) is 1.83. The van der Waals surface area contributed by atoms with Crippen molar-refractivity contribution < 1.29 is 9.63 Å². The average Bonchev–Trinajstić information content (AvgIpc) is 2.71. The van der Waals surface area contributed by atoms with Gasteiger partial charge in [0.05, 0.1) is 5.69 Å².